The topological polar surface area (TPSA) is 46.2 Å². The van der Waals surface area contributed by atoms with Crippen LogP contribution in [0.1, 0.15) is 34.1 Å². The molecule has 92 valence electrons. The van der Waals surface area contributed by atoms with Crippen molar-refractivity contribution in [1.82, 2.24) is 4.72 Å². The molecule has 0 spiro atoms. The van der Waals surface area contributed by atoms with Gasteiger partial charge in [-0.3, -0.25) is 0 Å². The largest absolute Gasteiger partial charge is 0.214 e. The molecule has 0 heterocycles. The molecule has 0 amide bonds. The number of nitrogens with one attached hydrogen (secondary N) is 1. The lowest BCUT2D eigenvalue weighted by Gasteiger charge is -2.14. The van der Waals surface area contributed by atoms with Crippen molar-refractivity contribution in [1.29, 1.82) is 0 Å². The van der Waals surface area contributed by atoms with Crippen molar-refractivity contribution in [2.75, 3.05) is 12.3 Å². The Balaban J connectivity index is 3.93. The maximum atomic E-state index is 11.5. The van der Waals surface area contributed by atoms with E-state index in [4.69, 9.17) is 0 Å². The van der Waals surface area contributed by atoms with E-state index in [0.717, 1.165) is 6.42 Å². The fourth-order valence-corrected chi connectivity index (χ4v) is 3.88. The van der Waals surface area contributed by atoms with Crippen molar-refractivity contribution < 1.29 is 8.42 Å². The molecule has 1 atom stereocenters. The molecule has 3 nitrogen and oxygen atoms in total. The summed E-state index contributed by atoms with van der Waals surface area (Å²) in [7, 11) is -3.09. The minimum absolute atomic E-state index is 0.168. The first kappa shape index (κ1) is 15.4. The van der Waals surface area contributed by atoms with Crippen molar-refractivity contribution in [3.8, 4) is 0 Å². The predicted molar refractivity (Wildman–Crippen MR) is 68.8 cm³/mol. The number of alkyl halides is 1. The van der Waals surface area contributed by atoms with E-state index in [1.54, 1.807) is 0 Å². The number of rotatable bonds is 7. The molecular formula is C10H22BrNO2S. The van der Waals surface area contributed by atoms with Crippen LogP contribution in [-0.2, 0) is 10.0 Å². The maximum Gasteiger partial charge on any atom is 0.211 e. The molecule has 0 fully saturated rings. The molecule has 0 bridgehead atoms. The maximum absolute atomic E-state index is 11.5. The molecule has 0 aliphatic carbocycles. The highest BCUT2D eigenvalue weighted by Gasteiger charge is 2.15. The van der Waals surface area contributed by atoms with Gasteiger partial charge in [0.15, 0.2) is 0 Å². The monoisotopic (exact) mass is 299 g/mol. The number of hydrogen-bond acceptors (Lipinski definition) is 2. The van der Waals surface area contributed by atoms with E-state index in [1.165, 1.54) is 0 Å². The summed E-state index contributed by atoms with van der Waals surface area (Å²) < 4.78 is 25.6. The lowest BCUT2D eigenvalue weighted by Crippen LogP contribution is -2.33. The Hall–Kier alpha value is 0.390. The first-order chi connectivity index (χ1) is 6.73. The van der Waals surface area contributed by atoms with Crippen LogP contribution in [0.5, 0.6) is 0 Å². The number of halogens is 1. The summed E-state index contributed by atoms with van der Waals surface area (Å²) in [5.41, 5.74) is 0. The van der Waals surface area contributed by atoms with Crippen LogP contribution in [0, 0.1) is 11.8 Å². The fourth-order valence-electron chi connectivity index (χ4n) is 1.31. The minimum Gasteiger partial charge on any atom is -0.214 e. The van der Waals surface area contributed by atoms with Gasteiger partial charge < -0.3 is 0 Å². The Morgan fingerprint density at radius 3 is 2.07 bits per heavy atom. The lowest BCUT2D eigenvalue weighted by molar-refractivity contribution is 0.545. The molecule has 0 saturated heterocycles. The van der Waals surface area contributed by atoms with Gasteiger partial charge in [0, 0.05) is 11.4 Å². The van der Waals surface area contributed by atoms with Gasteiger partial charge in [-0.05, 0) is 18.3 Å². The Bertz CT molecular complexity index is 263. The Morgan fingerprint density at radius 1 is 1.13 bits per heavy atom. The summed E-state index contributed by atoms with van der Waals surface area (Å²) in [6.45, 7) is 8.53. The van der Waals surface area contributed by atoms with Crippen LogP contribution in [-0.4, -0.2) is 25.5 Å². The highest BCUT2D eigenvalue weighted by Crippen LogP contribution is 2.12. The summed E-state index contributed by atoms with van der Waals surface area (Å²) in [5.74, 6) is 0.944. The van der Waals surface area contributed by atoms with E-state index in [2.05, 4.69) is 34.5 Å². The Labute approximate surface area is 102 Å². The van der Waals surface area contributed by atoms with Crippen molar-refractivity contribution >= 4 is 26.0 Å². The summed E-state index contributed by atoms with van der Waals surface area (Å²) in [6.07, 6.45) is 0.976. The molecule has 1 unspecified atom stereocenters. The molecule has 0 aromatic carbocycles. The average molecular weight is 300 g/mol. The third kappa shape index (κ3) is 9.33. The third-order valence-corrected chi connectivity index (χ3v) is 4.21. The van der Waals surface area contributed by atoms with Gasteiger partial charge in [0.2, 0.25) is 10.0 Å². The van der Waals surface area contributed by atoms with Crippen molar-refractivity contribution in [2.45, 2.75) is 38.9 Å². The summed E-state index contributed by atoms with van der Waals surface area (Å²) in [4.78, 5) is 0.222. The summed E-state index contributed by atoms with van der Waals surface area (Å²) in [6, 6.07) is 0. The third-order valence-electron chi connectivity index (χ3n) is 1.80. The van der Waals surface area contributed by atoms with E-state index >= 15 is 0 Å². The first-order valence-electron chi connectivity index (χ1n) is 5.34. The van der Waals surface area contributed by atoms with E-state index in [1.807, 2.05) is 13.8 Å². The fraction of sp³-hybridized carbons (Fsp3) is 1.00. The molecule has 0 aliphatic rings. The van der Waals surface area contributed by atoms with Crippen LogP contribution in [0.3, 0.4) is 0 Å². The number of sulfonamides is 1. The van der Waals surface area contributed by atoms with E-state index in [9.17, 15) is 8.42 Å². The average Bonchev–Trinajstić information content (AvgIpc) is 1.97. The SMILES string of the molecule is CC(C)CC(Br)CNS(=O)(=O)CC(C)C. The molecule has 1 N–H and O–H groups in total. The van der Waals surface area contributed by atoms with Gasteiger partial charge in [-0.15, -0.1) is 0 Å². The highest BCUT2D eigenvalue weighted by atomic mass is 79.9. The minimum atomic E-state index is -3.09. The molecule has 0 rings (SSSR count). The second-order valence-electron chi connectivity index (χ2n) is 4.75. The van der Waals surface area contributed by atoms with Gasteiger partial charge >= 0.3 is 0 Å². The quantitative estimate of drug-likeness (QED) is 0.734. The first-order valence-corrected chi connectivity index (χ1v) is 7.91. The second-order valence-corrected chi connectivity index (χ2v) is 7.90. The molecular weight excluding hydrogens is 278 g/mol. The van der Waals surface area contributed by atoms with Gasteiger partial charge in [-0.2, -0.15) is 0 Å². The van der Waals surface area contributed by atoms with Crippen LogP contribution >= 0.6 is 15.9 Å². The molecule has 5 heteroatoms. The predicted octanol–water partition coefficient (Wildman–Crippen LogP) is 2.37. The molecule has 15 heavy (non-hydrogen) atoms. The van der Waals surface area contributed by atoms with Gasteiger partial charge in [0.1, 0.15) is 0 Å². The molecule has 0 radical (unpaired) electrons. The van der Waals surface area contributed by atoms with E-state index in [-0.39, 0.29) is 16.5 Å². The molecule has 0 aliphatic heterocycles. The molecule has 0 aromatic rings. The smallest absolute Gasteiger partial charge is 0.211 e. The lowest BCUT2D eigenvalue weighted by atomic mass is 10.1. The van der Waals surface area contributed by atoms with Crippen LogP contribution in [0.25, 0.3) is 0 Å². The molecule has 0 aromatic heterocycles. The van der Waals surface area contributed by atoms with Crippen molar-refractivity contribution in [3.63, 3.8) is 0 Å². The van der Waals surface area contributed by atoms with Crippen LogP contribution in [0.4, 0.5) is 0 Å². The van der Waals surface area contributed by atoms with Gasteiger partial charge in [0.25, 0.3) is 0 Å². The summed E-state index contributed by atoms with van der Waals surface area (Å²) >= 11 is 3.47. The zero-order valence-corrected chi connectivity index (χ0v) is 12.4. The highest BCUT2D eigenvalue weighted by molar-refractivity contribution is 9.09. The number of hydrogen-bond donors (Lipinski definition) is 1. The zero-order valence-electron chi connectivity index (χ0n) is 9.96. The second kappa shape index (κ2) is 6.86. The normalized spacial score (nSPS) is 14.9. The van der Waals surface area contributed by atoms with Crippen LogP contribution in [0.15, 0.2) is 0 Å². The van der Waals surface area contributed by atoms with Gasteiger partial charge in [-0.25, -0.2) is 13.1 Å². The van der Waals surface area contributed by atoms with Crippen molar-refractivity contribution in [3.05, 3.63) is 0 Å². The van der Waals surface area contributed by atoms with Gasteiger partial charge in [-0.1, -0.05) is 43.6 Å². The van der Waals surface area contributed by atoms with E-state index in [0.29, 0.717) is 12.5 Å². The van der Waals surface area contributed by atoms with Crippen LogP contribution in [0.2, 0.25) is 0 Å². The standard InChI is InChI=1S/C10H22BrNO2S/c1-8(2)5-10(11)6-12-15(13,14)7-9(3)4/h8-10,12H,5-7H2,1-4H3. The zero-order chi connectivity index (χ0) is 12.1. The summed E-state index contributed by atoms with van der Waals surface area (Å²) in [5, 5.41) is 0. The van der Waals surface area contributed by atoms with Crippen LogP contribution < -0.4 is 4.72 Å². The van der Waals surface area contributed by atoms with Crippen molar-refractivity contribution in [2.24, 2.45) is 11.8 Å². The Kier molecular flexibility index (Phi) is 7.04. The van der Waals surface area contributed by atoms with Gasteiger partial charge in [0.05, 0.1) is 5.75 Å². The molecule has 0 saturated carbocycles. The Morgan fingerprint density at radius 2 is 1.67 bits per heavy atom. The van der Waals surface area contributed by atoms with E-state index < -0.39 is 10.0 Å².